The number of nitrogens with one attached hydrogen (secondary N) is 1. The molecular weight excluding hydrogens is 266 g/mol. The average molecular weight is 283 g/mol. The first-order valence-corrected chi connectivity index (χ1v) is 6.97. The molecule has 1 aliphatic rings. The molecule has 0 spiro atoms. The van der Waals surface area contributed by atoms with E-state index >= 15 is 0 Å². The summed E-state index contributed by atoms with van der Waals surface area (Å²) in [6.07, 6.45) is 3.32. The summed E-state index contributed by atoms with van der Waals surface area (Å²) in [6.45, 7) is 2.46. The molecule has 0 aliphatic carbocycles. The topological polar surface area (TPSA) is 54.5 Å². The quantitative estimate of drug-likeness (QED) is 0.939. The van der Waals surface area contributed by atoms with Crippen molar-refractivity contribution in [2.45, 2.75) is 0 Å². The van der Waals surface area contributed by atoms with E-state index < -0.39 is 0 Å². The molecule has 0 unspecified atom stereocenters. The highest BCUT2D eigenvalue weighted by atomic mass is 16.5. The van der Waals surface area contributed by atoms with Gasteiger partial charge in [0.05, 0.1) is 30.7 Å². The molecule has 1 N–H and O–H groups in total. The minimum atomic E-state index is 0.00233. The van der Waals surface area contributed by atoms with Gasteiger partial charge in [0, 0.05) is 25.0 Å². The van der Waals surface area contributed by atoms with Crippen LogP contribution in [0.25, 0.3) is 0 Å². The second-order valence-corrected chi connectivity index (χ2v) is 4.86. The Bertz CT molecular complexity index is 610. The van der Waals surface area contributed by atoms with Crippen LogP contribution in [0.15, 0.2) is 48.8 Å². The smallest absolute Gasteiger partial charge is 0.255 e. The van der Waals surface area contributed by atoms with Gasteiger partial charge >= 0.3 is 0 Å². The Kier molecular flexibility index (Phi) is 4.12. The molecule has 0 radical (unpaired) electrons. The van der Waals surface area contributed by atoms with Crippen LogP contribution in [-0.4, -0.2) is 42.1 Å². The summed E-state index contributed by atoms with van der Waals surface area (Å²) >= 11 is 0. The molecule has 2 heterocycles. The molecule has 5 nitrogen and oxygen atoms in total. The normalized spacial score (nSPS) is 14.8. The zero-order valence-corrected chi connectivity index (χ0v) is 11.7. The summed E-state index contributed by atoms with van der Waals surface area (Å²) in [6, 6.07) is 11.6. The van der Waals surface area contributed by atoms with Crippen molar-refractivity contribution in [3.8, 4) is 0 Å². The van der Waals surface area contributed by atoms with E-state index in [4.69, 9.17) is 4.74 Å². The minimum Gasteiger partial charge on any atom is -0.378 e. The average Bonchev–Trinajstić information content (AvgIpc) is 2.56. The molecule has 1 saturated heterocycles. The molecular formula is C16H17N3O2. The molecule has 0 saturated carbocycles. The van der Waals surface area contributed by atoms with Crippen LogP contribution in [0.1, 0.15) is 10.4 Å². The fourth-order valence-corrected chi connectivity index (χ4v) is 2.26. The van der Waals surface area contributed by atoms with Gasteiger partial charge in [-0.05, 0) is 18.2 Å². The lowest BCUT2D eigenvalue weighted by Crippen LogP contribution is -2.40. The van der Waals surface area contributed by atoms with Crippen molar-refractivity contribution in [2.24, 2.45) is 0 Å². The van der Waals surface area contributed by atoms with Crippen molar-refractivity contribution in [1.82, 2.24) is 9.88 Å². The third-order valence-electron chi connectivity index (χ3n) is 3.35. The van der Waals surface area contributed by atoms with E-state index in [-0.39, 0.29) is 5.91 Å². The maximum absolute atomic E-state index is 12.4. The highest BCUT2D eigenvalue weighted by molar-refractivity contribution is 5.95. The van der Waals surface area contributed by atoms with Crippen molar-refractivity contribution < 1.29 is 9.53 Å². The third kappa shape index (κ3) is 3.38. The first-order valence-electron chi connectivity index (χ1n) is 6.97. The van der Waals surface area contributed by atoms with Crippen LogP contribution >= 0.6 is 0 Å². The molecule has 5 heteroatoms. The van der Waals surface area contributed by atoms with Crippen LogP contribution in [0.2, 0.25) is 0 Å². The largest absolute Gasteiger partial charge is 0.378 e. The highest BCUT2D eigenvalue weighted by Gasteiger charge is 2.18. The van der Waals surface area contributed by atoms with E-state index in [2.05, 4.69) is 10.3 Å². The zero-order chi connectivity index (χ0) is 14.5. The number of hydrogen-bond acceptors (Lipinski definition) is 4. The Hall–Kier alpha value is -2.40. The van der Waals surface area contributed by atoms with Gasteiger partial charge in [-0.1, -0.05) is 18.2 Å². The van der Waals surface area contributed by atoms with E-state index in [0.29, 0.717) is 31.9 Å². The first-order chi connectivity index (χ1) is 10.3. The molecule has 3 rings (SSSR count). The molecule has 1 aromatic heterocycles. The van der Waals surface area contributed by atoms with E-state index in [9.17, 15) is 4.79 Å². The lowest BCUT2D eigenvalue weighted by molar-refractivity contribution is 0.0302. The highest BCUT2D eigenvalue weighted by Crippen LogP contribution is 2.17. The molecule has 1 amide bonds. The monoisotopic (exact) mass is 283 g/mol. The van der Waals surface area contributed by atoms with Gasteiger partial charge < -0.3 is 15.0 Å². The van der Waals surface area contributed by atoms with Crippen molar-refractivity contribution in [1.29, 1.82) is 0 Å². The lowest BCUT2D eigenvalue weighted by atomic mass is 10.2. The van der Waals surface area contributed by atoms with E-state index in [1.165, 1.54) is 0 Å². The predicted molar refractivity (Wildman–Crippen MR) is 80.7 cm³/mol. The number of amides is 1. The fraction of sp³-hybridized carbons (Fsp3) is 0.250. The molecule has 1 aromatic carbocycles. The lowest BCUT2D eigenvalue weighted by Gasteiger charge is -2.26. The number of rotatable bonds is 3. The standard InChI is InChI=1S/C16H17N3O2/c20-16(19-6-8-21-9-7-19)13-10-15(12-17-11-13)18-14-4-2-1-3-5-14/h1-5,10-12,18H,6-9H2. The maximum Gasteiger partial charge on any atom is 0.255 e. The molecule has 108 valence electrons. The number of carbonyl (C=O) groups is 1. The number of anilines is 2. The predicted octanol–water partition coefficient (Wildman–Crippen LogP) is 2.30. The number of morpholine rings is 1. The molecule has 1 aliphatic heterocycles. The Labute approximate surface area is 123 Å². The van der Waals surface area contributed by atoms with Crippen molar-refractivity contribution in [3.63, 3.8) is 0 Å². The number of pyridine rings is 1. The number of nitrogens with zero attached hydrogens (tertiary/aromatic N) is 2. The first kappa shape index (κ1) is 13.6. The Balaban J connectivity index is 1.75. The molecule has 21 heavy (non-hydrogen) atoms. The van der Waals surface area contributed by atoms with Crippen LogP contribution in [0.3, 0.4) is 0 Å². The Morgan fingerprint density at radius 2 is 1.86 bits per heavy atom. The second kappa shape index (κ2) is 6.37. The molecule has 0 bridgehead atoms. The molecule has 0 atom stereocenters. The van der Waals surface area contributed by atoms with Crippen LogP contribution in [-0.2, 0) is 4.74 Å². The number of benzene rings is 1. The number of para-hydroxylation sites is 1. The van der Waals surface area contributed by atoms with Crippen LogP contribution in [0, 0.1) is 0 Å². The summed E-state index contributed by atoms with van der Waals surface area (Å²) in [5, 5.41) is 3.24. The summed E-state index contributed by atoms with van der Waals surface area (Å²) in [7, 11) is 0. The summed E-state index contributed by atoms with van der Waals surface area (Å²) in [4.78, 5) is 18.4. The summed E-state index contributed by atoms with van der Waals surface area (Å²) in [5.41, 5.74) is 2.37. The SMILES string of the molecule is O=C(c1cncc(Nc2ccccc2)c1)N1CCOCC1. The molecule has 1 fully saturated rings. The van der Waals surface area contributed by atoms with Gasteiger partial charge in [0.1, 0.15) is 0 Å². The fourth-order valence-electron chi connectivity index (χ4n) is 2.26. The van der Waals surface area contributed by atoms with Gasteiger partial charge in [-0.3, -0.25) is 9.78 Å². The summed E-state index contributed by atoms with van der Waals surface area (Å²) in [5.74, 6) is 0.00233. The minimum absolute atomic E-state index is 0.00233. The van der Waals surface area contributed by atoms with Crippen LogP contribution in [0.4, 0.5) is 11.4 Å². The Morgan fingerprint density at radius 3 is 2.62 bits per heavy atom. The number of hydrogen-bond donors (Lipinski definition) is 1. The number of ether oxygens (including phenoxy) is 1. The maximum atomic E-state index is 12.4. The molecule has 2 aromatic rings. The number of carbonyl (C=O) groups excluding carboxylic acids is 1. The van der Waals surface area contributed by atoms with Crippen molar-refractivity contribution in [3.05, 3.63) is 54.4 Å². The van der Waals surface area contributed by atoms with Crippen molar-refractivity contribution in [2.75, 3.05) is 31.6 Å². The third-order valence-corrected chi connectivity index (χ3v) is 3.35. The van der Waals surface area contributed by atoms with Gasteiger partial charge in [-0.25, -0.2) is 0 Å². The van der Waals surface area contributed by atoms with Crippen molar-refractivity contribution >= 4 is 17.3 Å². The number of aromatic nitrogens is 1. The summed E-state index contributed by atoms with van der Waals surface area (Å²) < 4.78 is 5.27. The van der Waals surface area contributed by atoms with Gasteiger partial charge in [-0.2, -0.15) is 0 Å². The zero-order valence-electron chi connectivity index (χ0n) is 11.7. The van der Waals surface area contributed by atoms with Gasteiger partial charge in [0.25, 0.3) is 5.91 Å². The van der Waals surface area contributed by atoms with E-state index in [0.717, 1.165) is 11.4 Å². The van der Waals surface area contributed by atoms with Gasteiger partial charge in [0.15, 0.2) is 0 Å². The van der Waals surface area contributed by atoms with Crippen LogP contribution < -0.4 is 5.32 Å². The Morgan fingerprint density at radius 1 is 1.10 bits per heavy atom. The van der Waals surface area contributed by atoms with Gasteiger partial charge in [0.2, 0.25) is 0 Å². The second-order valence-electron chi connectivity index (χ2n) is 4.86. The van der Waals surface area contributed by atoms with E-state index in [1.807, 2.05) is 36.4 Å². The van der Waals surface area contributed by atoms with Gasteiger partial charge in [-0.15, -0.1) is 0 Å². The van der Waals surface area contributed by atoms with E-state index in [1.54, 1.807) is 17.3 Å². The van der Waals surface area contributed by atoms with Crippen LogP contribution in [0.5, 0.6) is 0 Å².